The van der Waals surface area contributed by atoms with E-state index in [0.717, 1.165) is 16.7 Å². The first-order valence-electron chi connectivity index (χ1n) is 7.10. The molecule has 0 unspecified atom stereocenters. The lowest BCUT2D eigenvalue weighted by molar-refractivity contribution is -0.136. The number of rotatable bonds is 4. The molecule has 0 atom stereocenters. The van der Waals surface area contributed by atoms with Crippen molar-refractivity contribution in [1.82, 2.24) is 0 Å². The number of benzene rings is 2. The van der Waals surface area contributed by atoms with Crippen molar-refractivity contribution in [3.05, 3.63) is 75.3 Å². The molecule has 2 aromatic rings. The van der Waals surface area contributed by atoms with Crippen molar-refractivity contribution in [3.8, 4) is 0 Å². The number of hydrogen-bond donors (Lipinski definition) is 0. The van der Waals surface area contributed by atoms with Crippen LogP contribution in [-0.2, 0) is 16.0 Å². The number of carbonyl (C=O) groups excluding carboxylic acids is 1. The molecule has 3 heteroatoms. The molecule has 0 radical (unpaired) electrons. The molecule has 0 fully saturated rings. The first-order valence-corrected chi connectivity index (χ1v) is 7.48. The lowest BCUT2D eigenvalue weighted by Gasteiger charge is -2.10. The number of ether oxygens (including phenoxy) is 1. The largest absolute Gasteiger partial charge is 0.466 e. The molecule has 0 aliphatic rings. The molecule has 0 bridgehead atoms. The summed E-state index contributed by atoms with van der Waals surface area (Å²) in [7, 11) is 1.40. The minimum absolute atomic E-state index is 0.309. The molecular formula is C19H19ClO2. The summed E-state index contributed by atoms with van der Waals surface area (Å²) in [4.78, 5) is 12.1. The zero-order valence-electron chi connectivity index (χ0n) is 13.0. The predicted molar refractivity (Wildman–Crippen MR) is 91.1 cm³/mol. The van der Waals surface area contributed by atoms with E-state index in [1.165, 1.54) is 12.7 Å². The third kappa shape index (κ3) is 4.22. The zero-order chi connectivity index (χ0) is 16.1. The molecule has 0 heterocycles. The summed E-state index contributed by atoms with van der Waals surface area (Å²) in [5.74, 6) is -0.309. The van der Waals surface area contributed by atoms with Crippen molar-refractivity contribution >= 4 is 23.6 Å². The Kier molecular flexibility index (Phi) is 5.40. The van der Waals surface area contributed by atoms with Gasteiger partial charge in [0.25, 0.3) is 0 Å². The standard InChI is InChI=1S/C19H19ClO2/c1-13-4-5-14(2)16(10-13)12-17(19(21)22-3)11-15-6-8-18(20)9-7-15/h4-11H,12H2,1-3H3/b17-11+. The van der Waals surface area contributed by atoms with Gasteiger partial charge in [0.05, 0.1) is 7.11 Å². The van der Waals surface area contributed by atoms with E-state index >= 15 is 0 Å². The van der Waals surface area contributed by atoms with Crippen molar-refractivity contribution in [1.29, 1.82) is 0 Å². The molecule has 0 saturated carbocycles. The normalized spacial score (nSPS) is 11.4. The van der Waals surface area contributed by atoms with Gasteiger partial charge in [-0.25, -0.2) is 4.79 Å². The van der Waals surface area contributed by atoms with Crippen molar-refractivity contribution in [2.45, 2.75) is 20.3 Å². The minimum atomic E-state index is -0.309. The maximum Gasteiger partial charge on any atom is 0.334 e. The summed E-state index contributed by atoms with van der Waals surface area (Å²) < 4.78 is 4.92. The third-order valence-corrected chi connectivity index (χ3v) is 3.80. The average molecular weight is 315 g/mol. The van der Waals surface area contributed by atoms with Gasteiger partial charge in [0.2, 0.25) is 0 Å². The van der Waals surface area contributed by atoms with E-state index in [4.69, 9.17) is 16.3 Å². The van der Waals surface area contributed by atoms with Crippen LogP contribution in [0, 0.1) is 13.8 Å². The van der Waals surface area contributed by atoms with E-state index in [0.29, 0.717) is 17.0 Å². The third-order valence-electron chi connectivity index (χ3n) is 3.54. The van der Waals surface area contributed by atoms with Crippen LogP contribution in [0.5, 0.6) is 0 Å². The first kappa shape index (κ1) is 16.3. The molecule has 0 N–H and O–H groups in total. The van der Waals surface area contributed by atoms with Crippen LogP contribution < -0.4 is 0 Å². The Bertz CT molecular complexity index is 700. The van der Waals surface area contributed by atoms with Crippen molar-refractivity contribution in [2.24, 2.45) is 0 Å². The van der Waals surface area contributed by atoms with Gasteiger partial charge in [0, 0.05) is 17.0 Å². The van der Waals surface area contributed by atoms with E-state index in [9.17, 15) is 4.79 Å². The molecule has 0 spiro atoms. The van der Waals surface area contributed by atoms with E-state index < -0.39 is 0 Å². The van der Waals surface area contributed by atoms with Crippen LogP contribution in [0.2, 0.25) is 5.02 Å². The summed E-state index contributed by atoms with van der Waals surface area (Å²) >= 11 is 5.89. The smallest absolute Gasteiger partial charge is 0.334 e. The molecule has 0 aliphatic heterocycles. The minimum Gasteiger partial charge on any atom is -0.466 e. The highest BCUT2D eigenvalue weighted by Crippen LogP contribution is 2.19. The number of aryl methyl sites for hydroxylation is 2. The SMILES string of the molecule is COC(=O)/C(=C/c1ccc(Cl)cc1)Cc1cc(C)ccc1C. The van der Waals surface area contributed by atoms with E-state index in [2.05, 4.69) is 18.2 Å². The summed E-state index contributed by atoms with van der Waals surface area (Å²) in [6.07, 6.45) is 2.40. The number of carbonyl (C=O) groups is 1. The van der Waals surface area contributed by atoms with Gasteiger partial charge in [-0.3, -0.25) is 0 Å². The second kappa shape index (κ2) is 7.28. The zero-order valence-corrected chi connectivity index (χ0v) is 13.8. The topological polar surface area (TPSA) is 26.3 Å². The fraction of sp³-hybridized carbons (Fsp3) is 0.211. The molecule has 0 amide bonds. The molecule has 0 aliphatic carbocycles. The highest BCUT2D eigenvalue weighted by atomic mass is 35.5. The molecule has 2 aromatic carbocycles. The second-order valence-corrected chi connectivity index (χ2v) is 5.76. The van der Waals surface area contributed by atoms with Gasteiger partial charge in [-0.1, -0.05) is 47.5 Å². The molecule has 2 nitrogen and oxygen atoms in total. The Morgan fingerprint density at radius 3 is 2.45 bits per heavy atom. The first-order chi connectivity index (χ1) is 10.5. The Hall–Kier alpha value is -2.06. The fourth-order valence-electron chi connectivity index (χ4n) is 2.27. The fourth-order valence-corrected chi connectivity index (χ4v) is 2.40. The Morgan fingerprint density at radius 1 is 1.14 bits per heavy atom. The highest BCUT2D eigenvalue weighted by molar-refractivity contribution is 6.30. The van der Waals surface area contributed by atoms with Crippen LogP contribution in [0.3, 0.4) is 0 Å². The molecule has 22 heavy (non-hydrogen) atoms. The lowest BCUT2D eigenvalue weighted by atomic mass is 9.97. The van der Waals surface area contributed by atoms with Crippen LogP contribution in [0.25, 0.3) is 6.08 Å². The second-order valence-electron chi connectivity index (χ2n) is 5.32. The van der Waals surface area contributed by atoms with Crippen LogP contribution >= 0.6 is 11.6 Å². The maximum atomic E-state index is 12.1. The van der Waals surface area contributed by atoms with Crippen LogP contribution in [0.1, 0.15) is 22.3 Å². The average Bonchev–Trinajstić information content (AvgIpc) is 2.51. The number of methoxy groups -OCH3 is 1. The van der Waals surface area contributed by atoms with Gasteiger partial charge in [-0.05, 0) is 48.7 Å². The van der Waals surface area contributed by atoms with E-state index in [-0.39, 0.29) is 5.97 Å². The molecular weight excluding hydrogens is 296 g/mol. The van der Waals surface area contributed by atoms with Gasteiger partial charge < -0.3 is 4.74 Å². The Morgan fingerprint density at radius 2 is 1.82 bits per heavy atom. The van der Waals surface area contributed by atoms with Crippen LogP contribution in [0.15, 0.2) is 48.0 Å². The van der Waals surface area contributed by atoms with Gasteiger partial charge in [0.1, 0.15) is 0 Å². The number of halogens is 1. The van der Waals surface area contributed by atoms with E-state index in [1.807, 2.05) is 32.1 Å². The summed E-state index contributed by atoms with van der Waals surface area (Å²) in [5.41, 5.74) is 5.02. The Labute approximate surface area is 136 Å². The maximum absolute atomic E-state index is 12.1. The quantitative estimate of drug-likeness (QED) is 0.601. The Balaban J connectivity index is 2.36. The molecule has 0 saturated heterocycles. The lowest BCUT2D eigenvalue weighted by Crippen LogP contribution is -2.08. The van der Waals surface area contributed by atoms with Crippen molar-refractivity contribution < 1.29 is 9.53 Å². The number of hydrogen-bond acceptors (Lipinski definition) is 2. The van der Waals surface area contributed by atoms with Crippen molar-refractivity contribution in [2.75, 3.05) is 7.11 Å². The molecule has 0 aromatic heterocycles. The number of esters is 1. The van der Waals surface area contributed by atoms with Gasteiger partial charge in [0.15, 0.2) is 0 Å². The molecule has 2 rings (SSSR count). The van der Waals surface area contributed by atoms with Gasteiger partial charge in [-0.15, -0.1) is 0 Å². The van der Waals surface area contributed by atoms with Crippen LogP contribution in [0.4, 0.5) is 0 Å². The summed E-state index contributed by atoms with van der Waals surface area (Å²) in [5, 5.41) is 0.672. The van der Waals surface area contributed by atoms with Gasteiger partial charge >= 0.3 is 5.97 Å². The highest BCUT2D eigenvalue weighted by Gasteiger charge is 2.12. The van der Waals surface area contributed by atoms with Crippen LogP contribution in [-0.4, -0.2) is 13.1 Å². The monoisotopic (exact) mass is 314 g/mol. The summed E-state index contributed by atoms with van der Waals surface area (Å²) in [6.45, 7) is 4.09. The van der Waals surface area contributed by atoms with Gasteiger partial charge in [-0.2, -0.15) is 0 Å². The predicted octanol–water partition coefficient (Wildman–Crippen LogP) is 4.76. The van der Waals surface area contributed by atoms with Crippen molar-refractivity contribution in [3.63, 3.8) is 0 Å². The summed E-state index contributed by atoms with van der Waals surface area (Å²) in [6, 6.07) is 13.6. The molecule has 114 valence electrons. The van der Waals surface area contributed by atoms with E-state index in [1.54, 1.807) is 12.1 Å².